The number of rotatable bonds is 7. The lowest BCUT2D eigenvalue weighted by atomic mass is 9.95. The van der Waals surface area contributed by atoms with Gasteiger partial charge < -0.3 is 24.5 Å². The van der Waals surface area contributed by atoms with Crippen LogP contribution in [0.2, 0.25) is 0 Å². The number of fused-ring (bicyclic) bond motifs is 1. The molecule has 5 atom stereocenters. The zero-order chi connectivity index (χ0) is 21.8. The van der Waals surface area contributed by atoms with Crippen LogP contribution in [-0.4, -0.2) is 59.7 Å². The fraction of sp³-hybridized carbons (Fsp3) is 0.417. The lowest BCUT2D eigenvalue weighted by Gasteiger charge is -2.42. The van der Waals surface area contributed by atoms with Gasteiger partial charge >= 0.3 is 0 Å². The molecule has 1 N–H and O–H groups in total. The number of benzene rings is 2. The Morgan fingerprint density at radius 1 is 0.968 bits per heavy atom. The van der Waals surface area contributed by atoms with Crippen molar-refractivity contribution >= 4 is 22.6 Å². The zero-order valence-corrected chi connectivity index (χ0v) is 18.9. The lowest BCUT2D eigenvalue weighted by Crippen LogP contribution is -2.58. The van der Waals surface area contributed by atoms with Gasteiger partial charge in [-0.05, 0) is 18.1 Å². The number of nitrogens with one attached hydrogen (secondary N) is 1. The molecule has 7 heteroatoms. The van der Waals surface area contributed by atoms with E-state index in [4.69, 9.17) is 24.6 Å². The minimum absolute atomic E-state index is 0.192. The molecular weight excluding hydrogens is 410 g/mol. The van der Waals surface area contributed by atoms with E-state index in [-0.39, 0.29) is 17.6 Å². The largest absolute Gasteiger partial charge is 0.368 e. The van der Waals surface area contributed by atoms with Gasteiger partial charge in [-0.15, -0.1) is 0 Å². The molecule has 0 radical (unpaired) electrons. The molecular formula is C24H29N3O3S. The molecule has 1 fully saturated rings. The highest BCUT2D eigenvalue weighted by Crippen LogP contribution is 2.40. The van der Waals surface area contributed by atoms with Crippen molar-refractivity contribution in [1.29, 1.82) is 5.41 Å². The first kappa shape index (κ1) is 22.0. The minimum Gasteiger partial charge on any atom is -0.368 e. The number of ether oxygens (including phenoxy) is 3. The Bertz CT molecular complexity index is 907. The van der Waals surface area contributed by atoms with Crippen LogP contribution in [0.4, 0.5) is 0 Å². The summed E-state index contributed by atoms with van der Waals surface area (Å²) in [5.74, 6) is 0. The Hall–Kier alpha value is -2.19. The number of hydrogen-bond acceptors (Lipinski definition) is 7. The highest BCUT2D eigenvalue weighted by molar-refractivity contribution is 8.14. The van der Waals surface area contributed by atoms with E-state index in [2.05, 4.69) is 0 Å². The van der Waals surface area contributed by atoms with Crippen LogP contribution in [0.1, 0.15) is 18.1 Å². The zero-order valence-electron chi connectivity index (χ0n) is 18.1. The first-order valence-corrected chi connectivity index (χ1v) is 11.3. The summed E-state index contributed by atoms with van der Waals surface area (Å²) in [5.41, 5.74) is 2.41. The van der Waals surface area contributed by atoms with E-state index in [9.17, 15) is 0 Å². The Balaban J connectivity index is 1.60. The molecule has 31 heavy (non-hydrogen) atoms. The summed E-state index contributed by atoms with van der Waals surface area (Å²) in [4.78, 5) is 6.90. The molecule has 0 saturated carbocycles. The van der Waals surface area contributed by atoms with Crippen LogP contribution in [0.15, 0.2) is 65.7 Å². The summed E-state index contributed by atoms with van der Waals surface area (Å²) in [6, 6.07) is 20.0. The molecule has 0 spiro atoms. The SMILES string of the molecule is CC(=N)[C@H]1O[C@@H]2SC(N(C)C)=N[C@@H]2[C@@H](OCc2ccccc2)[C@@H]1OCc1ccccc1. The van der Waals surface area contributed by atoms with Crippen LogP contribution in [0.25, 0.3) is 0 Å². The van der Waals surface area contributed by atoms with Crippen LogP contribution < -0.4 is 0 Å². The van der Waals surface area contributed by atoms with Crippen molar-refractivity contribution in [2.45, 2.75) is 49.9 Å². The van der Waals surface area contributed by atoms with Gasteiger partial charge in [0.05, 0.1) is 13.2 Å². The quantitative estimate of drug-likeness (QED) is 0.662. The second-order valence-electron chi connectivity index (χ2n) is 8.05. The van der Waals surface area contributed by atoms with Crippen molar-refractivity contribution in [3.8, 4) is 0 Å². The van der Waals surface area contributed by atoms with Crippen molar-refractivity contribution in [2.24, 2.45) is 4.99 Å². The third-order valence-corrected chi connectivity index (χ3v) is 6.68. The maximum Gasteiger partial charge on any atom is 0.161 e. The van der Waals surface area contributed by atoms with Gasteiger partial charge in [-0.3, -0.25) is 4.99 Å². The van der Waals surface area contributed by atoms with E-state index in [1.54, 1.807) is 18.7 Å². The molecule has 4 rings (SSSR count). The van der Waals surface area contributed by atoms with E-state index in [0.717, 1.165) is 16.3 Å². The van der Waals surface area contributed by atoms with E-state index < -0.39 is 12.2 Å². The maximum absolute atomic E-state index is 8.36. The smallest absolute Gasteiger partial charge is 0.161 e. The van der Waals surface area contributed by atoms with Crippen LogP contribution in [-0.2, 0) is 27.4 Å². The molecule has 0 bridgehead atoms. The number of amidine groups is 1. The fourth-order valence-electron chi connectivity index (χ4n) is 3.80. The summed E-state index contributed by atoms with van der Waals surface area (Å²) < 4.78 is 19.1. The van der Waals surface area contributed by atoms with E-state index in [0.29, 0.717) is 18.9 Å². The Kier molecular flexibility index (Phi) is 7.07. The summed E-state index contributed by atoms with van der Waals surface area (Å²) in [6.45, 7) is 2.66. The van der Waals surface area contributed by atoms with Crippen molar-refractivity contribution in [1.82, 2.24) is 4.90 Å². The van der Waals surface area contributed by atoms with Gasteiger partial charge in [0.2, 0.25) is 0 Å². The molecule has 0 aromatic heterocycles. The van der Waals surface area contributed by atoms with Crippen molar-refractivity contribution in [3.05, 3.63) is 71.8 Å². The number of aliphatic imine (C=N–C) groups is 1. The Labute approximate surface area is 188 Å². The number of thioether (sulfide) groups is 1. The van der Waals surface area contributed by atoms with Crippen molar-refractivity contribution < 1.29 is 14.2 Å². The molecule has 1 saturated heterocycles. The maximum atomic E-state index is 8.36. The van der Waals surface area contributed by atoms with Crippen molar-refractivity contribution in [3.63, 3.8) is 0 Å². The molecule has 2 aromatic carbocycles. The summed E-state index contributed by atoms with van der Waals surface area (Å²) in [5, 5.41) is 9.27. The predicted octanol–water partition coefficient (Wildman–Crippen LogP) is 3.95. The monoisotopic (exact) mass is 439 g/mol. The van der Waals surface area contributed by atoms with Gasteiger partial charge in [0.1, 0.15) is 29.8 Å². The van der Waals surface area contributed by atoms with Crippen molar-refractivity contribution in [2.75, 3.05) is 14.1 Å². The molecule has 0 amide bonds. The Morgan fingerprint density at radius 2 is 1.52 bits per heavy atom. The average molecular weight is 440 g/mol. The number of nitrogens with zero attached hydrogens (tertiary/aromatic N) is 2. The lowest BCUT2D eigenvalue weighted by molar-refractivity contribution is -0.179. The average Bonchev–Trinajstić information content (AvgIpc) is 3.22. The standard InChI is InChI=1S/C24H29N3O3S/c1-16(25)20-22(29-15-18-12-8-5-9-13-18)21(28-14-17-10-6-4-7-11-17)19-23(30-20)31-24(26-19)27(2)3/h4-13,19-23,25H,14-15H2,1-3H3/t19-,20-,21-,22-,23-/m1/s1. The van der Waals surface area contributed by atoms with Crippen LogP contribution in [0, 0.1) is 5.41 Å². The molecule has 164 valence electrons. The Morgan fingerprint density at radius 3 is 2.03 bits per heavy atom. The highest BCUT2D eigenvalue weighted by Gasteiger charge is 2.51. The molecule has 0 unspecified atom stereocenters. The van der Waals surface area contributed by atoms with Gasteiger partial charge in [-0.1, -0.05) is 72.4 Å². The van der Waals surface area contributed by atoms with Crippen LogP contribution in [0.5, 0.6) is 0 Å². The summed E-state index contributed by atoms with van der Waals surface area (Å²) >= 11 is 1.59. The van der Waals surface area contributed by atoms with Gasteiger partial charge in [0, 0.05) is 19.8 Å². The van der Waals surface area contributed by atoms with E-state index >= 15 is 0 Å². The minimum atomic E-state index is -0.477. The fourth-order valence-corrected chi connectivity index (χ4v) is 4.93. The third kappa shape index (κ3) is 5.18. The molecule has 6 nitrogen and oxygen atoms in total. The van der Waals surface area contributed by atoms with Crippen LogP contribution >= 0.6 is 11.8 Å². The summed E-state index contributed by atoms with van der Waals surface area (Å²) in [6.07, 6.45) is -1.22. The molecule has 2 aliphatic rings. The second kappa shape index (κ2) is 9.96. The first-order chi connectivity index (χ1) is 15.0. The molecule has 2 aliphatic heterocycles. The summed E-state index contributed by atoms with van der Waals surface area (Å²) in [7, 11) is 3.96. The van der Waals surface area contributed by atoms with Crippen LogP contribution in [0.3, 0.4) is 0 Å². The molecule has 0 aliphatic carbocycles. The van der Waals surface area contributed by atoms with Gasteiger partial charge in [0.15, 0.2) is 5.17 Å². The van der Waals surface area contributed by atoms with Gasteiger partial charge in [-0.25, -0.2) is 0 Å². The van der Waals surface area contributed by atoms with E-state index in [1.807, 2.05) is 79.7 Å². The molecule has 2 aromatic rings. The van der Waals surface area contributed by atoms with Gasteiger partial charge in [0.25, 0.3) is 0 Å². The third-order valence-electron chi connectivity index (χ3n) is 5.38. The van der Waals surface area contributed by atoms with E-state index in [1.165, 1.54) is 0 Å². The second-order valence-corrected chi connectivity index (χ2v) is 9.11. The number of hydrogen-bond donors (Lipinski definition) is 1. The predicted molar refractivity (Wildman–Crippen MR) is 125 cm³/mol. The first-order valence-electron chi connectivity index (χ1n) is 10.5. The molecule has 2 heterocycles. The normalized spacial score (nSPS) is 27.5. The highest BCUT2D eigenvalue weighted by atomic mass is 32.2. The topological polar surface area (TPSA) is 67.1 Å². The van der Waals surface area contributed by atoms with Gasteiger partial charge in [-0.2, -0.15) is 0 Å².